The molecule has 1 aromatic heterocycles. The molecule has 0 amide bonds. The quantitative estimate of drug-likeness (QED) is 0.161. The van der Waals surface area contributed by atoms with Crippen LogP contribution in [0.25, 0.3) is 66.8 Å². The summed E-state index contributed by atoms with van der Waals surface area (Å²) in [5.41, 5.74) is 8.16. The van der Waals surface area contributed by atoms with E-state index in [9.17, 15) is 0 Å². The molecule has 0 bridgehead atoms. The van der Waals surface area contributed by atoms with Crippen LogP contribution in [-0.4, -0.2) is 15.0 Å². The summed E-state index contributed by atoms with van der Waals surface area (Å²) in [7, 11) is 0. The smallest absolute Gasteiger partial charge is 0.166 e. The normalized spacial score (nSPS) is 11.1. The average Bonchev–Trinajstić information content (AvgIpc) is 3.22. The van der Waals surface area contributed by atoms with Gasteiger partial charge in [0.15, 0.2) is 17.5 Å². The van der Waals surface area contributed by atoms with E-state index in [0.717, 1.165) is 44.7 Å². The molecule has 0 aliphatic heterocycles. The molecule has 240 valence electrons. The van der Waals surface area contributed by atoms with Gasteiger partial charge in [-0.1, -0.05) is 158 Å². The van der Waals surface area contributed by atoms with E-state index in [1.54, 1.807) is 0 Å². The predicted octanol–water partition coefficient (Wildman–Crippen LogP) is 12.3. The van der Waals surface area contributed by atoms with E-state index in [1.807, 2.05) is 18.2 Å². The maximum Gasteiger partial charge on any atom is 0.166 e. The van der Waals surface area contributed by atoms with Crippen LogP contribution in [0.2, 0.25) is 0 Å². The first-order valence-electron chi connectivity index (χ1n) is 17.1. The molecular formula is C47H32N4. The molecule has 0 fully saturated rings. The van der Waals surface area contributed by atoms with Crippen LogP contribution in [0.4, 0.5) is 17.1 Å². The van der Waals surface area contributed by atoms with Crippen molar-refractivity contribution >= 4 is 38.6 Å². The van der Waals surface area contributed by atoms with Crippen LogP contribution < -0.4 is 4.90 Å². The Balaban J connectivity index is 1.26. The minimum absolute atomic E-state index is 0.604. The molecule has 4 nitrogen and oxygen atoms in total. The molecule has 9 aromatic rings. The van der Waals surface area contributed by atoms with Crippen molar-refractivity contribution in [3.63, 3.8) is 0 Å². The van der Waals surface area contributed by atoms with E-state index in [0.29, 0.717) is 17.5 Å². The van der Waals surface area contributed by atoms with Gasteiger partial charge in [0.1, 0.15) is 0 Å². The zero-order valence-corrected chi connectivity index (χ0v) is 27.8. The van der Waals surface area contributed by atoms with E-state index in [1.165, 1.54) is 21.7 Å². The Morgan fingerprint density at radius 1 is 0.294 bits per heavy atom. The third kappa shape index (κ3) is 5.79. The van der Waals surface area contributed by atoms with Crippen LogP contribution in [0.1, 0.15) is 0 Å². The summed E-state index contributed by atoms with van der Waals surface area (Å²) in [5, 5.41) is 4.67. The number of fused-ring (bicyclic) bond motifs is 3. The highest BCUT2D eigenvalue weighted by molar-refractivity contribution is 6.11. The molecule has 4 heteroatoms. The van der Waals surface area contributed by atoms with Gasteiger partial charge in [0.05, 0.1) is 5.69 Å². The summed E-state index contributed by atoms with van der Waals surface area (Å²) >= 11 is 0. The fraction of sp³-hybridized carbons (Fsp3) is 0. The van der Waals surface area contributed by atoms with E-state index in [2.05, 4.69) is 181 Å². The highest BCUT2D eigenvalue weighted by atomic mass is 15.2. The number of benzene rings is 8. The van der Waals surface area contributed by atoms with Gasteiger partial charge >= 0.3 is 0 Å². The zero-order valence-electron chi connectivity index (χ0n) is 27.8. The lowest BCUT2D eigenvalue weighted by atomic mass is 9.98. The number of hydrogen-bond donors (Lipinski definition) is 0. The monoisotopic (exact) mass is 652 g/mol. The van der Waals surface area contributed by atoms with Crippen LogP contribution in [-0.2, 0) is 0 Å². The average molecular weight is 653 g/mol. The van der Waals surface area contributed by atoms with Gasteiger partial charge in [0.2, 0.25) is 0 Å². The lowest BCUT2D eigenvalue weighted by molar-refractivity contribution is 1.07. The Hall–Kier alpha value is -6.91. The molecule has 1 heterocycles. The van der Waals surface area contributed by atoms with Crippen molar-refractivity contribution in [2.24, 2.45) is 0 Å². The number of para-hydroxylation sites is 3. The Kier molecular flexibility index (Phi) is 7.80. The predicted molar refractivity (Wildman–Crippen MR) is 211 cm³/mol. The summed E-state index contributed by atoms with van der Waals surface area (Å²) in [6.45, 7) is 0. The Morgan fingerprint density at radius 2 is 0.804 bits per heavy atom. The van der Waals surface area contributed by atoms with Crippen LogP contribution in [0.15, 0.2) is 194 Å². The highest BCUT2D eigenvalue weighted by Crippen LogP contribution is 2.41. The Labute approximate surface area is 297 Å². The highest BCUT2D eigenvalue weighted by Gasteiger charge is 2.21. The number of nitrogens with zero attached hydrogens (tertiary/aromatic N) is 4. The lowest BCUT2D eigenvalue weighted by Crippen LogP contribution is -2.12. The molecule has 0 aliphatic carbocycles. The molecule has 0 aliphatic rings. The molecule has 9 rings (SSSR count). The number of rotatable bonds is 7. The molecule has 0 spiro atoms. The summed E-state index contributed by atoms with van der Waals surface area (Å²) in [5.74, 6) is 1.85. The van der Waals surface area contributed by atoms with Gasteiger partial charge in [-0.25, -0.2) is 15.0 Å². The number of aromatic nitrogens is 3. The SMILES string of the molecule is c1ccc(-c2ccc(-c3nc(-c4ccccc4N(c4ccccc4)c4ccccc4)nc(-c4cccc5c4ccc4ccccc45)n3)cc2)cc1. The first-order chi connectivity index (χ1) is 25.3. The molecule has 0 unspecified atom stereocenters. The van der Waals surface area contributed by atoms with Gasteiger partial charge < -0.3 is 4.90 Å². The summed E-state index contributed by atoms with van der Waals surface area (Å²) in [4.78, 5) is 17.9. The van der Waals surface area contributed by atoms with Gasteiger partial charge in [0, 0.05) is 28.1 Å². The zero-order chi connectivity index (χ0) is 34.0. The summed E-state index contributed by atoms with van der Waals surface area (Å²) < 4.78 is 0. The molecule has 0 saturated carbocycles. The summed E-state index contributed by atoms with van der Waals surface area (Å²) in [6.07, 6.45) is 0. The molecule has 0 atom stereocenters. The standard InChI is InChI=1S/C47H32N4/c1-4-15-33(16-5-1)34-27-29-36(30-28-34)45-48-46(42-25-14-24-40-39-22-11-10-17-35(39)31-32-41(40)42)50-47(49-45)43-23-12-13-26-44(43)51(37-18-6-2-7-19-37)38-20-8-3-9-21-38/h1-32H. The van der Waals surface area contributed by atoms with Crippen molar-refractivity contribution in [3.8, 4) is 45.3 Å². The lowest BCUT2D eigenvalue weighted by Gasteiger charge is -2.27. The maximum absolute atomic E-state index is 5.28. The minimum atomic E-state index is 0.604. The van der Waals surface area contributed by atoms with Crippen molar-refractivity contribution < 1.29 is 0 Å². The third-order valence-electron chi connectivity index (χ3n) is 9.33. The third-order valence-corrected chi connectivity index (χ3v) is 9.33. The van der Waals surface area contributed by atoms with Gasteiger partial charge in [0.25, 0.3) is 0 Å². The van der Waals surface area contributed by atoms with Crippen molar-refractivity contribution in [2.75, 3.05) is 4.90 Å². The fourth-order valence-corrected chi connectivity index (χ4v) is 6.86. The minimum Gasteiger partial charge on any atom is -0.310 e. The number of hydrogen-bond acceptors (Lipinski definition) is 4. The van der Waals surface area contributed by atoms with Gasteiger partial charge in [-0.3, -0.25) is 0 Å². The van der Waals surface area contributed by atoms with Crippen molar-refractivity contribution in [3.05, 3.63) is 194 Å². The van der Waals surface area contributed by atoms with Crippen LogP contribution >= 0.6 is 0 Å². The maximum atomic E-state index is 5.28. The van der Waals surface area contributed by atoms with Crippen LogP contribution in [0, 0.1) is 0 Å². The molecule has 0 radical (unpaired) electrons. The first-order valence-corrected chi connectivity index (χ1v) is 17.1. The van der Waals surface area contributed by atoms with E-state index in [-0.39, 0.29) is 0 Å². The van der Waals surface area contributed by atoms with E-state index < -0.39 is 0 Å². The van der Waals surface area contributed by atoms with Crippen molar-refractivity contribution in [2.45, 2.75) is 0 Å². The largest absolute Gasteiger partial charge is 0.310 e. The van der Waals surface area contributed by atoms with Crippen molar-refractivity contribution in [1.82, 2.24) is 15.0 Å². The van der Waals surface area contributed by atoms with Crippen molar-refractivity contribution in [1.29, 1.82) is 0 Å². The fourth-order valence-electron chi connectivity index (χ4n) is 6.86. The van der Waals surface area contributed by atoms with E-state index >= 15 is 0 Å². The van der Waals surface area contributed by atoms with Crippen LogP contribution in [0.5, 0.6) is 0 Å². The van der Waals surface area contributed by atoms with E-state index in [4.69, 9.17) is 15.0 Å². The van der Waals surface area contributed by atoms with Gasteiger partial charge in [-0.2, -0.15) is 0 Å². The molecule has 51 heavy (non-hydrogen) atoms. The van der Waals surface area contributed by atoms with Gasteiger partial charge in [-0.15, -0.1) is 0 Å². The second-order valence-electron chi connectivity index (χ2n) is 12.5. The number of anilines is 3. The second-order valence-corrected chi connectivity index (χ2v) is 12.5. The van der Waals surface area contributed by atoms with Crippen LogP contribution in [0.3, 0.4) is 0 Å². The second kappa shape index (κ2) is 13.2. The molecular weight excluding hydrogens is 621 g/mol. The Bertz CT molecular complexity index is 2580. The Morgan fingerprint density at radius 3 is 1.53 bits per heavy atom. The molecule has 0 N–H and O–H groups in total. The topological polar surface area (TPSA) is 41.9 Å². The first kappa shape index (κ1) is 30.2. The summed E-state index contributed by atoms with van der Waals surface area (Å²) in [6, 6.07) is 67.4. The van der Waals surface area contributed by atoms with Gasteiger partial charge in [-0.05, 0) is 69.1 Å². The molecule has 8 aromatic carbocycles. The molecule has 0 saturated heterocycles.